The molecule has 0 spiro atoms. The first-order valence-corrected chi connectivity index (χ1v) is 12.9. The highest BCUT2D eigenvalue weighted by atomic mass is 32.2. The Kier molecular flexibility index (Phi) is 5.99. The molecule has 178 valence electrons. The first-order valence-electron chi connectivity index (χ1n) is 11.2. The highest BCUT2D eigenvalue weighted by Gasteiger charge is 2.30. The fraction of sp³-hybridized carbons (Fsp3) is 0.417. The van der Waals surface area contributed by atoms with Gasteiger partial charge >= 0.3 is 5.97 Å². The summed E-state index contributed by atoms with van der Waals surface area (Å²) in [5.74, 6) is 0.416. The summed E-state index contributed by atoms with van der Waals surface area (Å²) >= 11 is 2.81. The Morgan fingerprint density at radius 3 is 2.79 bits per heavy atom. The summed E-state index contributed by atoms with van der Waals surface area (Å²) in [5.41, 5.74) is 2.70. The molecule has 0 radical (unpaired) electrons. The number of rotatable bonds is 5. The Balaban J connectivity index is 1.82. The zero-order valence-electron chi connectivity index (χ0n) is 19.7. The van der Waals surface area contributed by atoms with Gasteiger partial charge in [0.25, 0.3) is 5.56 Å². The van der Waals surface area contributed by atoms with E-state index in [0.717, 1.165) is 26.5 Å². The first-order chi connectivity index (χ1) is 16.3. The number of carbonyl (C=O) groups excluding carboxylic acids is 1. The largest absolute Gasteiger partial charge is 0.468 e. The van der Waals surface area contributed by atoms with Gasteiger partial charge in [-0.25, -0.2) is 8.97 Å². The van der Waals surface area contributed by atoms with E-state index in [-0.39, 0.29) is 17.6 Å². The van der Waals surface area contributed by atoms with Gasteiger partial charge in [0, 0.05) is 11.3 Å². The minimum atomic E-state index is -0.477. The second-order valence-electron chi connectivity index (χ2n) is 8.86. The molecule has 1 aliphatic heterocycles. The number of hydrogen-bond donors (Lipinski definition) is 0. The van der Waals surface area contributed by atoms with Gasteiger partial charge in [-0.1, -0.05) is 37.7 Å². The van der Waals surface area contributed by atoms with E-state index in [2.05, 4.69) is 24.0 Å². The summed E-state index contributed by atoms with van der Waals surface area (Å²) in [6.45, 7) is 8.51. The third-order valence-corrected chi connectivity index (χ3v) is 8.37. The van der Waals surface area contributed by atoms with Gasteiger partial charge in [0.05, 0.1) is 30.9 Å². The molecule has 0 amide bonds. The van der Waals surface area contributed by atoms with Gasteiger partial charge in [-0.15, -0.1) is 21.5 Å². The quantitative estimate of drug-likeness (QED) is 0.302. The van der Waals surface area contributed by atoms with Crippen molar-refractivity contribution < 1.29 is 14.3 Å². The SMILES string of the molecule is COC(=O)C(C)Sc1nnc2n(-c3cccc(C)c3)c(=O)c3c4c(sc3n12)COC(C(C)C)C4. The molecule has 0 N–H and O–H groups in total. The van der Waals surface area contributed by atoms with Gasteiger partial charge in [0.1, 0.15) is 10.1 Å². The van der Waals surface area contributed by atoms with Crippen molar-refractivity contribution in [2.75, 3.05) is 7.11 Å². The number of aryl methyl sites for hydroxylation is 1. The molecule has 2 atom stereocenters. The molecule has 0 fully saturated rings. The Labute approximate surface area is 204 Å². The fourth-order valence-electron chi connectivity index (χ4n) is 4.32. The molecule has 5 rings (SSSR count). The molecule has 1 aromatic carbocycles. The molecular weight excluding hydrogens is 472 g/mol. The predicted molar refractivity (Wildman–Crippen MR) is 133 cm³/mol. The maximum absolute atomic E-state index is 14.0. The molecule has 0 aliphatic carbocycles. The Hall–Kier alpha value is -2.69. The molecule has 34 heavy (non-hydrogen) atoms. The van der Waals surface area contributed by atoms with Crippen LogP contribution in [0.1, 0.15) is 36.8 Å². The Bertz CT molecular complexity index is 1470. The lowest BCUT2D eigenvalue weighted by molar-refractivity contribution is -0.139. The van der Waals surface area contributed by atoms with Crippen LogP contribution in [0.2, 0.25) is 0 Å². The van der Waals surface area contributed by atoms with Crippen molar-refractivity contribution in [3.05, 3.63) is 50.6 Å². The average molecular weight is 499 g/mol. The van der Waals surface area contributed by atoms with Gasteiger partial charge in [0.15, 0.2) is 5.16 Å². The number of fused-ring (bicyclic) bond motifs is 5. The third-order valence-electron chi connectivity index (χ3n) is 6.16. The second-order valence-corrected chi connectivity index (χ2v) is 11.3. The molecule has 10 heteroatoms. The van der Waals surface area contributed by atoms with Crippen LogP contribution >= 0.6 is 23.1 Å². The topological polar surface area (TPSA) is 87.7 Å². The van der Waals surface area contributed by atoms with Crippen LogP contribution in [0.4, 0.5) is 0 Å². The molecular formula is C24H26N4O4S2. The van der Waals surface area contributed by atoms with Crippen LogP contribution in [0.15, 0.2) is 34.2 Å². The Morgan fingerprint density at radius 2 is 2.09 bits per heavy atom. The van der Waals surface area contributed by atoms with Crippen molar-refractivity contribution in [2.24, 2.45) is 5.92 Å². The van der Waals surface area contributed by atoms with Crippen molar-refractivity contribution in [3.63, 3.8) is 0 Å². The number of methoxy groups -OCH3 is 1. The molecule has 0 saturated heterocycles. The monoisotopic (exact) mass is 498 g/mol. The van der Waals surface area contributed by atoms with Crippen LogP contribution < -0.4 is 5.56 Å². The highest BCUT2D eigenvalue weighted by molar-refractivity contribution is 8.00. The van der Waals surface area contributed by atoms with Crippen molar-refractivity contribution in [1.82, 2.24) is 19.2 Å². The lowest BCUT2D eigenvalue weighted by Crippen LogP contribution is -2.28. The number of benzene rings is 1. The molecule has 4 heterocycles. The van der Waals surface area contributed by atoms with E-state index in [9.17, 15) is 9.59 Å². The molecule has 2 unspecified atom stereocenters. The lowest BCUT2D eigenvalue weighted by Gasteiger charge is -2.26. The summed E-state index contributed by atoms with van der Waals surface area (Å²) < 4.78 is 14.5. The number of hydrogen-bond acceptors (Lipinski definition) is 8. The molecule has 0 saturated carbocycles. The van der Waals surface area contributed by atoms with E-state index in [0.29, 0.717) is 35.3 Å². The maximum Gasteiger partial charge on any atom is 0.318 e. The van der Waals surface area contributed by atoms with E-state index in [1.165, 1.54) is 30.2 Å². The molecule has 1 aliphatic rings. The van der Waals surface area contributed by atoms with Gasteiger partial charge in [0.2, 0.25) is 5.78 Å². The minimum Gasteiger partial charge on any atom is -0.468 e. The summed E-state index contributed by atoms with van der Waals surface area (Å²) in [5, 5.41) is 9.53. The van der Waals surface area contributed by atoms with Crippen molar-refractivity contribution >= 4 is 45.1 Å². The smallest absolute Gasteiger partial charge is 0.318 e. The standard InChI is InChI=1S/C24H26N4O4S2/c1-12(2)17-10-16-18(11-32-17)34-21-19(16)20(29)27(15-8-6-7-13(3)9-15)23-25-26-24(28(21)23)33-14(4)22(30)31-5/h6-9,12,14,17H,10-11H2,1-5H3. The van der Waals surface area contributed by atoms with E-state index < -0.39 is 5.25 Å². The number of carbonyl (C=O) groups is 1. The number of nitrogens with zero attached hydrogens (tertiary/aromatic N) is 4. The van der Waals surface area contributed by atoms with Crippen molar-refractivity contribution in [2.45, 2.75) is 57.2 Å². The number of thiophene rings is 1. The molecule has 8 nitrogen and oxygen atoms in total. The maximum atomic E-state index is 14.0. The van der Waals surface area contributed by atoms with Gasteiger partial charge in [-0.2, -0.15) is 0 Å². The van der Waals surface area contributed by atoms with Crippen LogP contribution in [-0.4, -0.2) is 43.6 Å². The normalized spacial score (nSPS) is 16.8. The molecule has 4 aromatic rings. The summed E-state index contributed by atoms with van der Waals surface area (Å²) in [7, 11) is 1.37. The third kappa shape index (κ3) is 3.73. The zero-order valence-corrected chi connectivity index (χ0v) is 21.3. The van der Waals surface area contributed by atoms with Gasteiger partial charge in [-0.05, 0) is 43.0 Å². The summed E-state index contributed by atoms with van der Waals surface area (Å²) in [4.78, 5) is 28.0. The van der Waals surface area contributed by atoms with Crippen molar-refractivity contribution in [1.29, 1.82) is 0 Å². The fourth-order valence-corrected chi connectivity index (χ4v) is 6.49. The van der Waals surface area contributed by atoms with Crippen molar-refractivity contribution in [3.8, 4) is 5.69 Å². The van der Waals surface area contributed by atoms with Gasteiger partial charge in [-0.3, -0.25) is 9.59 Å². The zero-order chi connectivity index (χ0) is 24.1. The number of aromatic nitrogens is 4. The van der Waals surface area contributed by atoms with Crippen LogP contribution in [0, 0.1) is 12.8 Å². The van der Waals surface area contributed by atoms with Crippen LogP contribution in [-0.2, 0) is 27.3 Å². The van der Waals surface area contributed by atoms with E-state index in [4.69, 9.17) is 9.47 Å². The molecule has 0 bridgehead atoms. The van der Waals surface area contributed by atoms with E-state index in [1.54, 1.807) is 11.5 Å². The van der Waals surface area contributed by atoms with Crippen LogP contribution in [0.3, 0.4) is 0 Å². The number of ether oxygens (including phenoxy) is 2. The first kappa shape index (κ1) is 23.1. The molecule has 3 aromatic heterocycles. The number of thioether (sulfide) groups is 1. The average Bonchev–Trinajstić information content (AvgIpc) is 3.39. The van der Waals surface area contributed by atoms with E-state index in [1.807, 2.05) is 35.6 Å². The second kappa shape index (κ2) is 8.83. The summed E-state index contributed by atoms with van der Waals surface area (Å²) in [6, 6.07) is 7.78. The van der Waals surface area contributed by atoms with Crippen LogP contribution in [0.5, 0.6) is 0 Å². The van der Waals surface area contributed by atoms with Crippen LogP contribution in [0.25, 0.3) is 21.7 Å². The lowest BCUT2D eigenvalue weighted by atomic mass is 9.96. The minimum absolute atomic E-state index is 0.0573. The van der Waals surface area contributed by atoms with Gasteiger partial charge < -0.3 is 9.47 Å². The Morgan fingerprint density at radius 1 is 1.29 bits per heavy atom. The predicted octanol–water partition coefficient (Wildman–Crippen LogP) is 4.15. The summed E-state index contributed by atoms with van der Waals surface area (Å²) in [6.07, 6.45) is 0.743. The highest BCUT2D eigenvalue weighted by Crippen LogP contribution is 2.38. The number of esters is 1. The van der Waals surface area contributed by atoms with E-state index >= 15 is 0 Å².